The summed E-state index contributed by atoms with van der Waals surface area (Å²) in [6, 6.07) is 7.42. The lowest BCUT2D eigenvalue weighted by Gasteiger charge is -2.11. The highest BCUT2D eigenvalue weighted by Gasteiger charge is 2.14. The molecule has 1 aromatic carbocycles. The van der Waals surface area contributed by atoms with Crippen molar-refractivity contribution in [3.63, 3.8) is 0 Å². The van der Waals surface area contributed by atoms with Crippen LogP contribution in [0, 0.1) is 0 Å². The van der Waals surface area contributed by atoms with Gasteiger partial charge in [0.1, 0.15) is 5.75 Å². The number of rotatable bonds is 7. The Morgan fingerprint density at radius 1 is 1.37 bits per heavy atom. The predicted octanol–water partition coefficient (Wildman–Crippen LogP) is 1.77. The quantitative estimate of drug-likeness (QED) is 0.746. The van der Waals surface area contributed by atoms with Crippen LogP contribution in [0.25, 0.3) is 0 Å². The van der Waals surface area contributed by atoms with E-state index in [-0.39, 0.29) is 24.1 Å². The molecule has 1 rings (SSSR count). The summed E-state index contributed by atoms with van der Waals surface area (Å²) < 4.78 is 5.05. The van der Waals surface area contributed by atoms with E-state index < -0.39 is 5.97 Å². The highest BCUT2D eigenvalue weighted by molar-refractivity contribution is 8.00. The molecule has 104 valence electrons. The lowest BCUT2D eigenvalue weighted by atomic mass is 10.3. The van der Waals surface area contributed by atoms with Crippen molar-refractivity contribution >= 4 is 23.6 Å². The van der Waals surface area contributed by atoms with Crippen LogP contribution in [0.2, 0.25) is 0 Å². The molecule has 0 aliphatic carbocycles. The van der Waals surface area contributed by atoms with Gasteiger partial charge in [0.05, 0.1) is 18.8 Å². The topological polar surface area (TPSA) is 75.6 Å². The largest absolute Gasteiger partial charge is 0.497 e. The summed E-state index contributed by atoms with van der Waals surface area (Å²) in [5.41, 5.74) is 0. The fraction of sp³-hybridized carbons (Fsp3) is 0.385. The standard InChI is InChI=1S/C13H17NO4S/c1-9(13(17)14-8-7-12(15)16)19-11-5-3-10(18-2)4-6-11/h3-6,9H,7-8H2,1-2H3,(H,14,17)(H,15,16). The maximum absolute atomic E-state index is 11.7. The van der Waals surface area contributed by atoms with Gasteiger partial charge in [0, 0.05) is 11.4 Å². The third-order valence-electron chi connectivity index (χ3n) is 2.38. The molecule has 0 saturated heterocycles. The molecule has 19 heavy (non-hydrogen) atoms. The third kappa shape index (κ3) is 5.65. The van der Waals surface area contributed by atoms with Crippen molar-refractivity contribution in [1.82, 2.24) is 5.32 Å². The normalized spacial score (nSPS) is 11.7. The number of aliphatic carboxylic acids is 1. The van der Waals surface area contributed by atoms with Crippen LogP contribution in [-0.2, 0) is 9.59 Å². The number of hydrogen-bond acceptors (Lipinski definition) is 4. The number of thioether (sulfide) groups is 1. The number of carbonyl (C=O) groups is 2. The van der Waals surface area contributed by atoms with Crippen LogP contribution in [0.4, 0.5) is 0 Å². The summed E-state index contributed by atoms with van der Waals surface area (Å²) in [6.07, 6.45) is -0.0638. The smallest absolute Gasteiger partial charge is 0.305 e. The average molecular weight is 283 g/mol. The molecule has 0 radical (unpaired) electrons. The summed E-state index contributed by atoms with van der Waals surface area (Å²) in [5, 5.41) is 10.8. The molecule has 0 bridgehead atoms. The van der Waals surface area contributed by atoms with Crippen LogP contribution in [0.15, 0.2) is 29.2 Å². The molecule has 0 spiro atoms. The first kappa shape index (κ1) is 15.4. The first-order valence-electron chi connectivity index (χ1n) is 5.83. The van der Waals surface area contributed by atoms with Crippen LogP contribution in [0.1, 0.15) is 13.3 Å². The van der Waals surface area contributed by atoms with Gasteiger partial charge in [-0.25, -0.2) is 0 Å². The zero-order valence-electron chi connectivity index (χ0n) is 10.9. The van der Waals surface area contributed by atoms with Gasteiger partial charge < -0.3 is 15.2 Å². The molecule has 6 heteroatoms. The van der Waals surface area contributed by atoms with E-state index in [1.807, 2.05) is 24.3 Å². The maximum atomic E-state index is 11.7. The lowest BCUT2D eigenvalue weighted by Crippen LogP contribution is -2.32. The maximum Gasteiger partial charge on any atom is 0.305 e. The Hall–Kier alpha value is -1.69. The first-order valence-corrected chi connectivity index (χ1v) is 6.71. The van der Waals surface area contributed by atoms with Gasteiger partial charge in [-0.2, -0.15) is 0 Å². The summed E-state index contributed by atoms with van der Waals surface area (Å²) >= 11 is 1.41. The van der Waals surface area contributed by atoms with E-state index in [0.717, 1.165) is 10.6 Å². The second kappa shape index (κ2) is 7.68. The predicted molar refractivity (Wildman–Crippen MR) is 73.6 cm³/mol. The molecular weight excluding hydrogens is 266 g/mol. The van der Waals surface area contributed by atoms with Gasteiger partial charge in [0.25, 0.3) is 0 Å². The molecule has 0 aliphatic heterocycles. The second-order valence-electron chi connectivity index (χ2n) is 3.87. The van der Waals surface area contributed by atoms with Gasteiger partial charge in [-0.1, -0.05) is 0 Å². The van der Waals surface area contributed by atoms with Crippen LogP contribution >= 0.6 is 11.8 Å². The summed E-state index contributed by atoms with van der Waals surface area (Å²) in [5.74, 6) is -0.319. The van der Waals surface area contributed by atoms with Gasteiger partial charge >= 0.3 is 5.97 Å². The minimum atomic E-state index is -0.921. The van der Waals surface area contributed by atoms with E-state index in [0.29, 0.717) is 0 Å². The van der Waals surface area contributed by atoms with Crippen LogP contribution < -0.4 is 10.1 Å². The van der Waals surface area contributed by atoms with Gasteiger partial charge in [-0.3, -0.25) is 9.59 Å². The zero-order valence-corrected chi connectivity index (χ0v) is 11.7. The highest BCUT2D eigenvalue weighted by Crippen LogP contribution is 2.25. The molecule has 0 aliphatic rings. The van der Waals surface area contributed by atoms with E-state index in [4.69, 9.17) is 9.84 Å². The van der Waals surface area contributed by atoms with Gasteiger partial charge in [-0.15, -0.1) is 11.8 Å². The first-order chi connectivity index (χ1) is 9.02. The zero-order chi connectivity index (χ0) is 14.3. The number of hydrogen-bond donors (Lipinski definition) is 2. The number of carboxylic acids is 1. The molecule has 5 nitrogen and oxygen atoms in total. The molecule has 0 aromatic heterocycles. The summed E-state index contributed by atoms with van der Waals surface area (Å²) in [7, 11) is 1.60. The Morgan fingerprint density at radius 3 is 2.53 bits per heavy atom. The average Bonchev–Trinajstić information content (AvgIpc) is 2.39. The number of carbonyl (C=O) groups excluding carboxylic acids is 1. The van der Waals surface area contributed by atoms with Crippen LogP contribution in [-0.4, -0.2) is 35.9 Å². The molecule has 0 saturated carbocycles. The van der Waals surface area contributed by atoms with E-state index in [1.54, 1.807) is 14.0 Å². The van der Waals surface area contributed by atoms with Crippen molar-refractivity contribution in [3.05, 3.63) is 24.3 Å². The Kier molecular flexibility index (Phi) is 6.21. The Bertz CT molecular complexity index is 433. The molecule has 1 amide bonds. The van der Waals surface area contributed by atoms with E-state index in [9.17, 15) is 9.59 Å². The Morgan fingerprint density at radius 2 is 2.00 bits per heavy atom. The minimum absolute atomic E-state index is 0.0638. The Balaban J connectivity index is 2.42. The summed E-state index contributed by atoms with van der Waals surface area (Å²) in [4.78, 5) is 23.0. The SMILES string of the molecule is COc1ccc(SC(C)C(=O)NCCC(=O)O)cc1. The molecule has 2 N–H and O–H groups in total. The number of methoxy groups -OCH3 is 1. The van der Waals surface area contributed by atoms with Crippen LogP contribution in [0.5, 0.6) is 5.75 Å². The van der Waals surface area contributed by atoms with Gasteiger partial charge in [0.2, 0.25) is 5.91 Å². The fourth-order valence-corrected chi connectivity index (χ4v) is 2.24. The van der Waals surface area contributed by atoms with Crippen molar-refractivity contribution in [2.24, 2.45) is 0 Å². The van der Waals surface area contributed by atoms with Crippen LogP contribution in [0.3, 0.4) is 0 Å². The fourth-order valence-electron chi connectivity index (χ4n) is 1.35. The number of nitrogens with one attached hydrogen (secondary N) is 1. The number of ether oxygens (including phenoxy) is 1. The van der Waals surface area contributed by atoms with Crippen molar-refractivity contribution in [2.45, 2.75) is 23.5 Å². The molecule has 1 aromatic rings. The van der Waals surface area contributed by atoms with E-state index in [2.05, 4.69) is 5.32 Å². The second-order valence-corrected chi connectivity index (χ2v) is 5.28. The van der Waals surface area contributed by atoms with Crippen molar-refractivity contribution in [3.8, 4) is 5.75 Å². The third-order valence-corrected chi connectivity index (χ3v) is 3.49. The van der Waals surface area contributed by atoms with Gasteiger partial charge in [0.15, 0.2) is 0 Å². The monoisotopic (exact) mass is 283 g/mol. The molecule has 0 fully saturated rings. The number of carboxylic acid groups (broad SMARTS) is 1. The Labute approximate surface area is 116 Å². The van der Waals surface area contributed by atoms with Crippen molar-refractivity contribution in [2.75, 3.05) is 13.7 Å². The van der Waals surface area contributed by atoms with Crippen molar-refractivity contribution in [1.29, 1.82) is 0 Å². The molecular formula is C13H17NO4S. The minimum Gasteiger partial charge on any atom is -0.497 e. The summed E-state index contributed by atoms with van der Waals surface area (Å²) in [6.45, 7) is 1.94. The highest BCUT2D eigenvalue weighted by atomic mass is 32.2. The molecule has 1 unspecified atom stereocenters. The molecule has 1 atom stereocenters. The van der Waals surface area contributed by atoms with Gasteiger partial charge in [-0.05, 0) is 31.2 Å². The molecule has 0 heterocycles. The number of amides is 1. The van der Waals surface area contributed by atoms with Crippen molar-refractivity contribution < 1.29 is 19.4 Å². The lowest BCUT2D eigenvalue weighted by molar-refractivity contribution is -0.136. The number of benzene rings is 1. The van der Waals surface area contributed by atoms with E-state index >= 15 is 0 Å². The van der Waals surface area contributed by atoms with E-state index in [1.165, 1.54) is 11.8 Å².